The molecule has 3 N–H and O–H groups in total. The van der Waals surface area contributed by atoms with Crippen LogP contribution < -0.4 is 11.1 Å². The van der Waals surface area contributed by atoms with Crippen molar-refractivity contribution in [2.75, 3.05) is 17.6 Å². The Hall–Kier alpha value is -2.24. The number of hydrogen-bond acceptors (Lipinski definition) is 4. The number of benzene rings is 1. The number of nitrogen functional groups attached to an aromatic ring is 1. The van der Waals surface area contributed by atoms with Gasteiger partial charge in [0.1, 0.15) is 29.6 Å². The fraction of sp³-hybridized carbons (Fsp3) is 0.333. The van der Waals surface area contributed by atoms with Crippen LogP contribution in [-0.4, -0.2) is 16.5 Å². The summed E-state index contributed by atoms with van der Waals surface area (Å²) in [6.07, 6.45) is 3.60. The minimum Gasteiger partial charge on any atom is -0.383 e. The number of anilines is 2. The van der Waals surface area contributed by atoms with E-state index in [9.17, 15) is 8.78 Å². The summed E-state index contributed by atoms with van der Waals surface area (Å²) in [6, 6.07) is 3.51. The molecule has 1 aromatic carbocycles. The molecule has 0 aliphatic rings. The largest absolute Gasteiger partial charge is 0.383 e. The van der Waals surface area contributed by atoms with Crippen molar-refractivity contribution in [2.24, 2.45) is 0 Å². The first-order valence-electron chi connectivity index (χ1n) is 6.88. The lowest BCUT2D eigenvalue weighted by Gasteiger charge is -2.11. The zero-order chi connectivity index (χ0) is 15.2. The molecule has 21 heavy (non-hydrogen) atoms. The molecule has 0 bridgehead atoms. The van der Waals surface area contributed by atoms with Crippen molar-refractivity contribution in [3.63, 3.8) is 0 Å². The van der Waals surface area contributed by atoms with Crippen molar-refractivity contribution in [2.45, 2.75) is 26.2 Å². The summed E-state index contributed by atoms with van der Waals surface area (Å²) >= 11 is 0. The van der Waals surface area contributed by atoms with E-state index >= 15 is 0 Å². The Labute approximate surface area is 122 Å². The van der Waals surface area contributed by atoms with Gasteiger partial charge in [0.15, 0.2) is 0 Å². The van der Waals surface area contributed by atoms with Crippen LogP contribution in [0.2, 0.25) is 0 Å². The highest BCUT2D eigenvalue weighted by Crippen LogP contribution is 2.19. The average Bonchev–Trinajstić information content (AvgIpc) is 2.41. The van der Waals surface area contributed by atoms with Gasteiger partial charge in [-0.1, -0.05) is 13.3 Å². The maximum absolute atomic E-state index is 13.1. The van der Waals surface area contributed by atoms with Crippen LogP contribution in [0, 0.1) is 11.6 Å². The maximum Gasteiger partial charge on any atom is 0.134 e. The molecular weight excluding hydrogens is 274 g/mol. The molecule has 0 aliphatic heterocycles. The monoisotopic (exact) mass is 292 g/mol. The lowest BCUT2D eigenvalue weighted by molar-refractivity contribution is 0.580. The maximum atomic E-state index is 13.1. The lowest BCUT2D eigenvalue weighted by Crippen LogP contribution is -2.11. The number of nitrogens with two attached hydrogens (primary N) is 1. The molecule has 0 fully saturated rings. The summed E-state index contributed by atoms with van der Waals surface area (Å²) in [5.74, 6) is 0.0123. The Balaban J connectivity index is 2.01. The topological polar surface area (TPSA) is 63.8 Å². The van der Waals surface area contributed by atoms with Gasteiger partial charge >= 0.3 is 0 Å². The van der Waals surface area contributed by atoms with E-state index in [1.165, 1.54) is 18.5 Å². The Kier molecular flexibility index (Phi) is 5.03. The summed E-state index contributed by atoms with van der Waals surface area (Å²) in [6.45, 7) is 2.56. The molecule has 0 radical (unpaired) electrons. The van der Waals surface area contributed by atoms with E-state index in [0.29, 0.717) is 30.2 Å². The first kappa shape index (κ1) is 15.2. The van der Waals surface area contributed by atoms with E-state index in [4.69, 9.17) is 5.73 Å². The summed E-state index contributed by atoms with van der Waals surface area (Å²) in [7, 11) is 0. The van der Waals surface area contributed by atoms with Crippen LogP contribution >= 0.6 is 0 Å². The smallest absolute Gasteiger partial charge is 0.134 e. The Morgan fingerprint density at radius 3 is 2.48 bits per heavy atom. The van der Waals surface area contributed by atoms with Gasteiger partial charge in [0.05, 0.1) is 0 Å². The number of rotatable bonds is 6. The standard InChI is InChI=1S/C15H18F2N4/c1-2-3-13-14(18)20-9-21-15(13)19-5-4-10-6-11(16)8-12(17)7-10/h6-9H,2-5H2,1H3,(H3,18,19,20,21). The van der Waals surface area contributed by atoms with Crippen molar-refractivity contribution >= 4 is 11.6 Å². The second-order valence-corrected chi connectivity index (χ2v) is 4.79. The lowest BCUT2D eigenvalue weighted by atomic mass is 10.1. The van der Waals surface area contributed by atoms with E-state index in [1.807, 2.05) is 6.92 Å². The number of nitrogens with zero attached hydrogens (tertiary/aromatic N) is 2. The average molecular weight is 292 g/mol. The van der Waals surface area contributed by atoms with Gasteiger partial charge in [-0.3, -0.25) is 0 Å². The van der Waals surface area contributed by atoms with Crippen molar-refractivity contribution < 1.29 is 8.78 Å². The molecule has 6 heteroatoms. The molecule has 0 amide bonds. The normalized spacial score (nSPS) is 10.6. The molecule has 0 saturated heterocycles. The molecule has 0 atom stereocenters. The predicted molar refractivity (Wildman–Crippen MR) is 79.0 cm³/mol. The summed E-state index contributed by atoms with van der Waals surface area (Å²) in [5, 5.41) is 3.15. The number of nitrogens with one attached hydrogen (secondary N) is 1. The molecule has 2 rings (SSSR count). The van der Waals surface area contributed by atoms with Crippen LogP contribution in [0.15, 0.2) is 24.5 Å². The first-order chi connectivity index (χ1) is 10.1. The van der Waals surface area contributed by atoms with Crippen molar-refractivity contribution in [1.29, 1.82) is 0 Å². The third kappa shape index (κ3) is 4.11. The Morgan fingerprint density at radius 1 is 1.10 bits per heavy atom. The molecular formula is C15H18F2N4. The highest BCUT2D eigenvalue weighted by atomic mass is 19.1. The van der Waals surface area contributed by atoms with Gasteiger partial charge in [0, 0.05) is 18.2 Å². The zero-order valence-corrected chi connectivity index (χ0v) is 11.9. The number of halogens is 2. The van der Waals surface area contributed by atoms with Crippen molar-refractivity contribution in [3.05, 3.63) is 47.3 Å². The van der Waals surface area contributed by atoms with E-state index in [2.05, 4.69) is 15.3 Å². The summed E-state index contributed by atoms with van der Waals surface area (Å²) < 4.78 is 26.2. The molecule has 0 saturated carbocycles. The molecule has 0 spiro atoms. The van der Waals surface area contributed by atoms with Crippen molar-refractivity contribution in [3.8, 4) is 0 Å². The molecule has 0 unspecified atom stereocenters. The van der Waals surface area contributed by atoms with Crippen LogP contribution in [-0.2, 0) is 12.8 Å². The SMILES string of the molecule is CCCc1c(N)ncnc1NCCc1cc(F)cc(F)c1. The number of aromatic nitrogens is 2. The highest BCUT2D eigenvalue weighted by Gasteiger charge is 2.08. The van der Waals surface area contributed by atoms with Gasteiger partial charge in [-0.2, -0.15) is 0 Å². The third-order valence-electron chi connectivity index (χ3n) is 3.11. The van der Waals surface area contributed by atoms with Crippen LogP contribution in [0.5, 0.6) is 0 Å². The zero-order valence-electron chi connectivity index (χ0n) is 11.9. The molecule has 4 nitrogen and oxygen atoms in total. The van der Waals surface area contributed by atoms with E-state index < -0.39 is 11.6 Å². The van der Waals surface area contributed by atoms with Crippen LogP contribution in [0.3, 0.4) is 0 Å². The van der Waals surface area contributed by atoms with Gasteiger partial charge in [0.2, 0.25) is 0 Å². The van der Waals surface area contributed by atoms with Gasteiger partial charge < -0.3 is 11.1 Å². The van der Waals surface area contributed by atoms with Gasteiger partial charge in [-0.05, 0) is 30.5 Å². The molecule has 2 aromatic rings. The molecule has 112 valence electrons. The minimum absolute atomic E-state index is 0.464. The second-order valence-electron chi connectivity index (χ2n) is 4.79. The van der Waals surface area contributed by atoms with E-state index in [-0.39, 0.29) is 0 Å². The number of hydrogen-bond donors (Lipinski definition) is 2. The van der Waals surface area contributed by atoms with Gasteiger partial charge in [-0.15, -0.1) is 0 Å². The predicted octanol–water partition coefficient (Wildman–Crippen LogP) is 2.94. The third-order valence-corrected chi connectivity index (χ3v) is 3.11. The molecule has 1 aromatic heterocycles. The second kappa shape index (κ2) is 6.97. The van der Waals surface area contributed by atoms with Gasteiger partial charge in [-0.25, -0.2) is 18.7 Å². The fourth-order valence-electron chi connectivity index (χ4n) is 2.16. The van der Waals surface area contributed by atoms with E-state index in [1.54, 1.807) is 0 Å². The van der Waals surface area contributed by atoms with Crippen LogP contribution in [0.4, 0.5) is 20.4 Å². The quantitative estimate of drug-likeness (QED) is 0.859. The van der Waals surface area contributed by atoms with Gasteiger partial charge in [0.25, 0.3) is 0 Å². The molecule has 0 aliphatic carbocycles. The Morgan fingerprint density at radius 2 is 1.81 bits per heavy atom. The summed E-state index contributed by atoms with van der Waals surface area (Å²) in [4.78, 5) is 8.15. The molecule has 1 heterocycles. The first-order valence-corrected chi connectivity index (χ1v) is 6.88. The van der Waals surface area contributed by atoms with Crippen LogP contribution in [0.25, 0.3) is 0 Å². The minimum atomic E-state index is -0.567. The summed E-state index contributed by atoms with van der Waals surface area (Å²) in [5.41, 5.74) is 7.32. The highest BCUT2D eigenvalue weighted by molar-refractivity contribution is 5.55. The fourth-order valence-corrected chi connectivity index (χ4v) is 2.16. The van der Waals surface area contributed by atoms with Crippen LogP contribution in [0.1, 0.15) is 24.5 Å². The Bertz CT molecular complexity index is 596. The van der Waals surface area contributed by atoms with Crippen molar-refractivity contribution in [1.82, 2.24) is 9.97 Å². The van der Waals surface area contributed by atoms with E-state index in [0.717, 1.165) is 24.5 Å².